The van der Waals surface area contributed by atoms with E-state index in [0.717, 1.165) is 48.3 Å². The van der Waals surface area contributed by atoms with Crippen LogP contribution in [0.4, 0.5) is 5.82 Å². The molecule has 0 saturated carbocycles. The molecule has 6 nitrogen and oxygen atoms in total. The van der Waals surface area contributed by atoms with Crippen LogP contribution >= 0.6 is 11.7 Å². The fourth-order valence-corrected chi connectivity index (χ4v) is 4.03. The summed E-state index contributed by atoms with van der Waals surface area (Å²) in [6.07, 6.45) is 3.75. The molecule has 1 aromatic carbocycles. The normalized spacial score (nSPS) is 17.4. The number of fused-ring (bicyclic) bond motifs is 1. The summed E-state index contributed by atoms with van der Waals surface area (Å²) in [5.74, 6) is 1.16. The van der Waals surface area contributed by atoms with Gasteiger partial charge in [-0.1, -0.05) is 12.1 Å². The molecular formula is C19H21N5OS. The lowest BCUT2D eigenvalue weighted by Crippen LogP contribution is -2.43. The lowest BCUT2D eigenvalue weighted by atomic mass is 9.96. The third-order valence-corrected chi connectivity index (χ3v) is 5.41. The molecule has 1 fully saturated rings. The minimum Gasteiger partial charge on any atom is -0.356 e. The van der Waals surface area contributed by atoms with Crippen molar-refractivity contribution < 1.29 is 4.79 Å². The van der Waals surface area contributed by atoms with E-state index in [9.17, 15) is 4.79 Å². The van der Waals surface area contributed by atoms with E-state index >= 15 is 0 Å². The predicted molar refractivity (Wildman–Crippen MR) is 103 cm³/mol. The van der Waals surface area contributed by atoms with Crippen LogP contribution in [0, 0.1) is 5.92 Å². The number of piperidine rings is 1. The van der Waals surface area contributed by atoms with Crippen LogP contribution in [0.1, 0.15) is 18.4 Å². The molecule has 0 N–H and O–H groups in total. The maximum absolute atomic E-state index is 12.9. The number of anilines is 1. The topological polar surface area (TPSA) is 62.2 Å². The molecule has 0 aliphatic carbocycles. The molecule has 1 saturated heterocycles. The zero-order chi connectivity index (χ0) is 17.9. The third kappa shape index (κ3) is 3.53. The van der Waals surface area contributed by atoms with E-state index in [2.05, 4.69) is 18.6 Å². The van der Waals surface area contributed by atoms with Crippen molar-refractivity contribution >= 4 is 34.5 Å². The first-order valence-electron chi connectivity index (χ1n) is 8.83. The first-order chi connectivity index (χ1) is 12.7. The number of aromatic nitrogens is 3. The third-order valence-electron chi connectivity index (χ3n) is 4.86. The second kappa shape index (κ2) is 7.37. The standard InChI is InChI=1S/C19H21N5OS/c1-23(12-14-7-8-16-17(11-14)22-26-21-16)19(25)15-5-4-10-24(13-15)18-6-2-3-9-20-18/h2-3,6-9,11,15H,4-5,10,12-13H2,1H3/t15-/m0/s1. The second-order valence-electron chi connectivity index (χ2n) is 6.75. The maximum atomic E-state index is 12.9. The van der Waals surface area contributed by atoms with Gasteiger partial charge in [-0.05, 0) is 42.7 Å². The van der Waals surface area contributed by atoms with Gasteiger partial charge in [0.05, 0.1) is 17.6 Å². The number of pyridine rings is 1. The molecule has 1 aliphatic heterocycles. The van der Waals surface area contributed by atoms with E-state index < -0.39 is 0 Å². The maximum Gasteiger partial charge on any atom is 0.227 e. The van der Waals surface area contributed by atoms with Crippen molar-refractivity contribution in [2.24, 2.45) is 5.92 Å². The molecule has 1 amide bonds. The average molecular weight is 367 g/mol. The summed E-state index contributed by atoms with van der Waals surface area (Å²) >= 11 is 1.22. The highest BCUT2D eigenvalue weighted by atomic mass is 32.1. The Labute approximate surface area is 156 Å². The number of nitrogens with zero attached hydrogens (tertiary/aromatic N) is 5. The van der Waals surface area contributed by atoms with Gasteiger partial charge in [-0.2, -0.15) is 8.75 Å². The van der Waals surface area contributed by atoms with Crippen molar-refractivity contribution in [1.29, 1.82) is 0 Å². The fraction of sp³-hybridized carbons (Fsp3) is 0.368. The highest BCUT2D eigenvalue weighted by molar-refractivity contribution is 7.00. The molecule has 0 bridgehead atoms. The molecule has 26 heavy (non-hydrogen) atoms. The van der Waals surface area contributed by atoms with E-state index in [-0.39, 0.29) is 11.8 Å². The van der Waals surface area contributed by atoms with Crippen LogP contribution in [0.2, 0.25) is 0 Å². The van der Waals surface area contributed by atoms with Gasteiger partial charge in [0.15, 0.2) is 0 Å². The number of hydrogen-bond donors (Lipinski definition) is 0. The van der Waals surface area contributed by atoms with Gasteiger partial charge in [0.25, 0.3) is 0 Å². The van der Waals surface area contributed by atoms with Gasteiger partial charge < -0.3 is 9.80 Å². The van der Waals surface area contributed by atoms with Gasteiger partial charge in [-0.15, -0.1) is 0 Å². The summed E-state index contributed by atoms with van der Waals surface area (Å²) in [6, 6.07) is 11.9. The summed E-state index contributed by atoms with van der Waals surface area (Å²) in [5.41, 5.74) is 2.89. The molecule has 134 valence electrons. The zero-order valence-corrected chi connectivity index (χ0v) is 15.5. The van der Waals surface area contributed by atoms with Gasteiger partial charge in [0, 0.05) is 32.9 Å². The van der Waals surface area contributed by atoms with Crippen LogP contribution in [-0.4, -0.2) is 44.7 Å². The Kier molecular flexibility index (Phi) is 4.79. The molecule has 0 spiro atoms. The van der Waals surface area contributed by atoms with E-state index in [0.29, 0.717) is 6.54 Å². The molecule has 0 radical (unpaired) electrons. The second-order valence-corrected chi connectivity index (χ2v) is 7.28. The summed E-state index contributed by atoms with van der Waals surface area (Å²) in [6.45, 7) is 2.28. The molecule has 2 aromatic heterocycles. The average Bonchev–Trinajstić information content (AvgIpc) is 3.16. The van der Waals surface area contributed by atoms with Crippen LogP contribution in [0.25, 0.3) is 11.0 Å². The Balaban J connectivity index is 1.42. The lowest BCUT2D eigenvalue weighted by Gasteiger charge is -2.34. The summed E-state index contributed by atoms with van der Waals surface area (Å²) < 4.78 is 8.50. The molecular weight excluding hydrogens is 346 g/mol. The molecule has 3 aromatic rings. The van der Waals surface area contributed by atoms with Crippen molar-refractivity contribution in [1.82, 2.24) is 18.6 Å². The van der Waals surface area contributed by atoms with Gasteiger partial charge in [-0.3, -0.25) is 4.79 Å². The summed E-state index contributed by atoms with van der Waals surface area (Å²) in [7, 11) is 1.88. The van der Waals surface area contributed by atoms with Gasteiger partial charge in [0.1, 0.15) is 16.9 Å². The summed E-state index contributed by atoms with van der Waals surface area (Å²) in [4.78, 5) is 21.4. The monoisotopic (exact) mass is 367 g/mol. The number of amides is 1. The minimum atomic E-state index is 0.0143. The van der Waals surface area contributed by atoms with Gasteiger partial charge in [-0.25, -0.2) is 4.98 Å². The van der Waals surface area contributed by atoms with Crippen molar-refractivity contribution in [3.63, 3.8) is 0 Å². The number of rotatable bonds is 4. The Bertz CT molecular complexity index is 897. The first kappa shape index (κ1) is 16.9. The molecule has 3 heterocycles. The van der Waals surface area contributed by atoms with Crippen molar-refractivity contribution in [2.45, 2.75) is 19.4 Å². The van der Waals surface area contributed by atoms with Crippen LogP contribution < -0.4 is 4.90 Å². The van der Waals surface area contributed by atoms with Gasteiger partial charge in [0.2, 0.25) is 5.91 Å². The highest BCUT2D eigenvalue weighted by Gasteiger charge is 2.28. The first-order valence-corrected chi connectivity index (χ1v) is 9.56. The van der Waals surface area contributed by atoms with Crippen LogP contribution in [0.3, 0.4) is 0 Å². The Morgan fingerprint density at radius 3 is 3.00 bits per heavy atom. The number of hydrogen-bond acceptors (Lipinski definition) is 6. The van der Waals surface area contributed by atoms with Gasteiger partial charge >= 0.3 is 0 Å². The van der Waals surface area contributed by atoms with Crippen LogP contribution in [0.15, 0.2) is 42.6 Å². The zero-order valence-electron chi connectivity index (χ0n) is 14.7. The molecule has 0 unspecified atom stereocenters. The molecule has 4 rings (SSSR count). The minimum absolute atomic E-state index is 0.0143. The summed E-state index contributed by atoms with van der Waals surface area (Å²) in [5, 5.41) is 0. The fourth-order valence-electron chi connectivity index (χ4n) is 3.52. The SMILES string of the molecule is CN(Cc1ccc2nsnc2c1)C(=O)[C@H]1CCCN(c2ccccn2)C1. The van der Waals surface area contributed by atoms with Crippen LogP contribution in [0.5, 0.6) is 0 Å². The number of carbonyl (C=O) groups excluding carboxylic acids is 1. The largest absolute Gasteiger partial charge is 0.356 e. The lowest BCUT2D eigenvalue weighted by molar-refractivity contribution is -0.135. The molecule has 7 heteroatoms. The molecule has 1 aliphatic rings. The van der Waals surface area contributed by atoms with Crippen molar-refractivity contribution in [3.05, 3.63) is 48.2 Å². The van der Waals surface area contributed by atoms with E-state index in [4.69, 9.17) is 0 Å². The Morgan fingerprint density at radius 2 is 2.15 bits per heavy atom. The highest BCUT2D eigenvalue weighted by Crippen LogP contribution is 2.23. The smallest absolute Gasteiger partial charge is 0.227 e. The quantitative estimate of drug-likeness (QED) is 0.709. The van der Waals surface area contributed by atoms with Crippen molar-refractivity contribution in [3.8, 4) is 0 Å². The van der Waals surface area contributed by atoms with Crippen molar-refractivity contribution in [2.75, 3.05) is 25.0 Å². The van der Waals surface area contributed by atoms with Crippen LogP contribution in [-0.2, 0) is 11.3 Å². The number of benzene rings is 1. The Hall–Kier alpha value is -2.54. The Morgan fingerprint density at radius 1 is 1.27 bits per heavy atom. The predicted octanol–water partition coefficient (Wildman–Crippen LogP) is 2.96. The molecule has 1 atom stereocenters. The number of carbonyl (C=O) groups is 1. The van der Waals surface area contributed by atoms with E-state index in [1.54, 1.807) is 6.20 Å². The van der Waals surface area contributed by atoms with E-state index in [1.165, 1.54) is 11.7 Å². The van der Waals surface area contributed by atoms with E-state index in [1.807, 2.05) is 48.3 Å².